The Morgan fingerprint density at radius 2 is 2.17 bits per heavy atom. The zero-order chi connectivity index (χ0) is 9.56. The van der Waals surface area contributed by atoms with Crippen LogP contribution in [-0.2, 0) is 9.59 Å². The van der Waals surface area contributed by atoms with Gasteiger partial charge in [-0.15, -0.1) is 0 Å². The van der Waals surface area contributed by atoms with E-state index in [1.807, 2.05) is 0 Å². The van der Waals surface area contributed by atoms with Gasteiger partial charge < -0.3 is 10.4 Å². The first-order chi connectivity index (χ1) is 5.61. The number of carboxylic acids is 1. The molecule has 1 atom stereocenters. The summed E-state index contributed by atoms with van der Waals surface area (Å²) in [5.74, 6) is -1.93. The molecule has 0 aromatic carbocycles. The van der Waals surface area contributed by atoms with Gasteiger partial charge in [0.1, 0.15) is 6.04 Å². The topological polar surface area (TPSA) is 95.8 Å². The van der Waals surface area contributed by atoms with Crippen LogP contribution in [0.15, 0.2) is 5.18 Å². The van der Waals surface area contributed by atoms with Crippen LogP contribution in [0.5, 0.6) is 0 Å². The van der Waals surface area contributed by atoms with Gasteiger partial charge in [-0.05, 0) is 0 Å². The monoisotopic (exact) mass is 192 g/mol. The summed E-state index contributed by atoms with van der Waals surface area (Å²) in [6.45, 7) is -0.572. The van der Waals surface area contributed by atoms with Crippen LogP contribution in [-0.4, -0.2) is 35.3 Å². The number of rotatable bonds is 5. The van der Waals surface area contributed by atoms with E-state index in [0.29, 0.717) is 0 Å². The van der Waals surface area contributed by atoms with E-state index < -0.39 is 24.5 Å². The Hall–Kier alpha value is -1.11. The fourth-order valence-electron chi connectivity index (χ4n) is 0.484. The third kappa shape index (κ3) is 3.91. The molecule has 1 amide bonds. The fourth-order valence-corrected chi connectivity index (χ4v) is 0.732. The number of nitroso groups, excluding NO2 is 1. The van der Waals surface area contributed by atoms with Gasteiger partial charge in [0.05, 0.1) is 0 Å². The van der Waals surface area contributed by atoms with Crippen molar-refractivity contribution in [2.45, 2.75) is 6.04 Å². The highest BCUT2D eigenvalue weighted by Gasteiger charge is 2.17. The predicted molar refractivity (Wildman–Crippen MR) is 44.1 cm³/mol. The Kier molecular flexibility index (Phi) is 5.02. The number of carbonyl (C=O) groups is 2. The highest BCUT2D eigenvalue weighted by atomic mass is 32.1. The smallest absolute Gasteiger partial charge is 0.327 e. The highest BCUT2D eigenvalue weighted by molar-refractivity contribution is 7.80. The summed E-state index contributed by atoms with van der Waals surface area (Å²) < 4.78 is 0. The molecule has 2 N–H and O–H groups in total. The van der Waals surface area contributed by atoms with E-state index in [9.17, 15) is 14.5 Å². The lowest BCUT2D eigenvalue weighted by Gasteiger charge is -2.09. The zero-order valence-corrected chi connectivity index (χ0v) is 6.95. The molecule has 0 rings (SSSR count). The van der Waals surface area contributed by atoms with Crippen molar-refractivity contribution in [1.29, 1.82) is 0 Å². The average molecular weight is 192 g/mol. The molecule has 0 radical (unpaired) electrons. The Labute approximate surface area is 73.7 Å². The van der Waals surface area contributed by atoms with Gasteiger partial charge >= 0.3 is 5.97 Å². The van der Waals surface area contributed by atoms with Gasteiger partial charge in [-0.25, -0.2) is 4.79 Å². The number of hydrogen-bond donors (Lipinski definition) is 3. The highest BCUT2D eigenvalue weighted by Crippen LogP contribution is 1.88. The minimum atomic E-state index is -1.19. The molecule has 0 aromatic heterocycles. The molecular formula is C5H8N2O4S. The summed E-state index contributed by atoms with van der Waals surface area (Å²) in [4.78, 5) is 30.5. The molecule has 0 aromatic rings. The predicted octanol–water partition coefficient (Wildman–Crippen LogP) is -0.748. The lowest BCUT2D eigenvalue weighted by molar-refractivity contribution is -0.140. The molecule has 0 aliphatic heterocycles. The minimum absolute atomic E-state index is 0.0278. The largest absolute Gasteiger partial charge is 0.480 e. The molecule has 0 aliphatic rings. The van der Waals surface area contributed by atoms with Gasteiger partial charge in [-0.3, -0.25) is 4.79 Å². The van der Waals surface area contributed by atoms with Gasteiger partial charge in [-0.2, -0.15) is 17.5 Å². The number of aliphatic carboxylic acids is 1. The van der Waals surface area contributed by atoms with Crippen molar-refractivity contribution in [1.82, 2.24) is 5.32 Å². The first-order valence-corrected chi connectivity index (χ1v) is 3.67. The maximum atomic E-state index is 10.6. The molecule has 0 saturated carbocycles. The SMILES string of the molecule is O=NCC(=O)NC(CS)C(=O)O. The summed E-state index contributed by atoms with van der Waals surface area (Å²) in [5.41, 5.74) is 0. The van der Waals surface area contributed by atoms with Crippen molar-refractivity contribution in [3.05, 3.63) is 4.91 Å². The number of amides is 1. The number of carbonyl (C=O) groups excluding carboxylic acids is 1. The van der Waals surface area contributed by atoms with E-state index in [0.717, 1.165) is 0 Å². The maximum Gasteiger partial charge on any atom is 0.327 e. The Bertz CT molecular complexity index is 196. The van der Waals surface area contributed by atoms with E-state index in [4.69, 9.17) is 5.11 Å². The Balaban J connectivity index is 3.93. The van der Waals surface area contributed by atoms with E-state index in [-0.39, 0.29) is 5.75 Å². The second-order valence-electron chi connectivity index (χ2n) is 1.93. The van der Waals surface area contributed by atoms with Gasteiger partial charge in [-0.1, -0.05) is 5.18 Å². The number of thiol groups is 1. The minimum Gasteiger partial charge on any atom is -0.480 e. The third-order valence-electron chi connectivity index (χ3n) is 1.02. The Morgan fingerprint density at radius 1 is 1.58 bits per heavy atom. The van der Waals surface area contributed by atoms with Crippen LogP contribution in [0.2, 0.25) is 0 Å². The van der Waals surface area contributed by atoms with Gasteiger partial charge in [0.2, 0.25) is 5.91 Å². The lowest BCUT2D eigenvalue weighted by Crippen LogP contribution is -2.43. The second kappa shape index (κ2) is 5.53. The van der Waals surface area contributed by atoms with Crippen LogP contribution in [0.25, 0.3) is 0 Å². The molecule has 0 saturated heterocycles. The first kappa shape index (κ1) is 10.9. The van der Waals surface area contributed by atoms with Crippen LogP contribution in [0.3, 0.4) is 0 Å². The van der Waals surface area contributed by atoms with E-state index in [1.165, 1.54) is 0 Å². The molecule has 68 valence electrons. The summed E-state index contributed by atoms with van der Waals surface area (Å²) in [7, 11) is 0. The van der Waals surface area contributed by atoms with Gasteiger partial charge in [0.25, 0.3) is 0 Å². The molecule has 6 nitrogen and oxygen atoms in total. The van der Waals surface area contributed by atoms with Crippen molar-refractivity contribution >= 4 is 24.5 Å². The van der Waals surface area contributed by atoms with Crippen molar-refractivity contribution < 1.29 is 14.7 Å². The Morgan fingerprint density at radius 3 is 2.50 bits per heavy atom. The standard InChI is InChI=1S/C5H8N2O4S/c8-4(1-6-11)7-3(2-12)5(9)10/h3,12H,1-2H2,(H,7,8)(H,9,10). The first-order valence-electron chi connectivity index (χ1n) is 3.04. The van der Waals surface area contributed by atoms with Crippen molar-refractivity contribution in [3.63, 3.8) is 0 Å². The number of nitrogens with one attached hydrogen (secondary N) is 1. The normalized spacial score (nSPS) is 11.8. The molecule has 0 heterocycles. The summed E-state index contributed by atoms with van der Waals surface area (Å²) >= 11 is 3.69. The van der Waals surface area contributed by atoms with E-state index >= 15 is 0 Å². The average Bonchev–Trinajstić information content (AvgIpc) is 2.00. The van der Waals surface area contributed by atoms with Crippen molar-refractivity contribution in [3.8, 4) is 0 Å². The maximum absolute atomic E-state index is 10.6. The van der Waals surface area contributed by atoms with Crippen LogP contribution in [0.4, 0.5) is 0 Å². The molecule has 0 spiro atoms. The molecule has 1 unspecified atom stereocenters. The van der Waals surface area contributed by atoms with Crippen LogP contribution in [0.1, 0.15) is 0 Å². The van der Waals surface area contributed by atoms with Gasteiger partial charge in [0, 0.05) is 5.75 Å². The third-order valence-corrected chi connectivity index (χ3v) is 1.39. The lowest BCUT2D eigenvalue weighted by atomic mass is 10.3. The molecule has 7 heteroatoms. The van der Waals surface area contributed by atoms with Crippen LogP contribution in [0, 0.1) is 4.91 Å². The van der Waals surface area contributed by atoms with Crippen molar-refractivity contribution in [2.24, 2.45) is 5.18 Å². The zero-order valence-electron chi connectivity index (χ0n) is 6.06. The van der Waals surface area contributed by atoms with Crippen LogP contribution < -0.4 is 5.32 Å². The van der Waals surface area contributed by atoms with Gasteiger partial charge in [0.15, 0.2) is 6.54 Å². The summed E-state index contributed by atoms with van der Waals surface area (Å²) in [6, 6.07) is -1.07. The fraction of sp³-hybridized carbons (Fsp3) is 0.600. The molecule has 0 aliphatic carbocycles. The van der Waals surface area contributed by atoms with E-state index in [2.05, 4.69) is 23.1 Å². The molecule has 0 fully saturated rings. The van der Waals surface area contributed by atoms with Crippen LogP contribution >= 0.6 is 12.6 Å². The van der Waals surface area contributed by atoms with E-state index in [1.54, 1.807) is 0 Å². The summed E-state index contributed by atoms with van der Waals surface area (Å²) in [5, 5.41) is 12.8. The molecule has 12 heavy (non-hydrogen) atoms. The van der Waals surface area contributed by atoms with Crippen molar-refractivity contribution in [2.75, 3.05) is 12.3 Å². The number of carboxylic acid groups (broad SMARTS) is 1. The quantitative estimate of drug-likeness (QED) is 0.394. The number of hydrogen-bond acceptors (Lipinski definition) is 5. The number of nitrogens with zero attached hydrogens (tertiary/aromatic N) is 1. The second-order valence-corrected chi connectivity index (χ2v) is 2.29. The summed E-state index contributed by atoms with van der Waals surface area (Å²) in [6.07, 6.45) is 0. The molecule has 0 bridgehead atoms. The molecular weight excluding hydrogens is 184 g/mol.